The number of aryl methyl sites for hydroxylation is 1. The molecule has 0 atom stereocenters. The summed E-state index contributed by atoms with van der Waals surface area (Å²) in [5, 5.41) is 19.5. The van der Waals surface area contributed by atoms with Crippen LogP contribution in [0.1, 0.15) is 15.9 Å². The lowest BCUT2D eigenvalue weighted by Crippen LogP contribution is -2.07. The largest absolute Gasteiger partial charge is 0.477 e. The van der Waals surface area contributed by atoms with Crippen molar-refractivity contribution in [1.29, 1.82) is 0 Å². The summed E-state index contributed by atoms with van der Waals surface area (Å²) in [5.41, 5.74) is -0.292. The first-order valence-corrected chi connectivity index (χ1v) is 4.67. The number of benzene rings is 1. The molecule has 0 fully saturated rings. The number of nitro groups is 1. The van der Waals surface area contributed by atoms with Crippen molar-refractivity contribution >= 4 is 23.3 Å². The molecular weight excluding hydrogens is 222 g/mol. The number of alkyl halides is 1. The molecule has 5 nitrogen and oxygen atoms in total. The van der Waals surface area contributed by atoms with Gasteiger partial charge in [0.1, 0.15) is 5.56 Å². The molecule has 1 aromatic carbocycles. The summed E-state index contributed by atoms with van der Waals surface area (Å²) in [5.74, 6) is -1.08. The highest BCUT2D eigenvalue weighted by atomic mass is 35.5. The highest BCUT2D eigenvalue weighted by Crippen LogP contribution is 2.22. The molecule has 0 saturated heterocycles. The highest BCUT2D eigenvalue weighted by Gasteiger charge is 2.22. The number of aromatic carboxylic acids is 1. The van der Waals surface area contributed by atoms with Gasteiger partial charge in [0, 0.05) is 11.9 Å². The second kappa shape index (κ2) is 4.75. The number of hydrogen-bond acceptors (Lipinski definition) is 3. The van der Waals surface area contributed by atoms with Gasteiger partial charge >= 0.3 is 5.97 Å². The second-order valence-corrected chi connectivity index (χ2v) is 3.19. The SMILES string of the molecule is O=C(O)c1c(CCCl)cccc1[N+](=O)[O-]. The lowest BCUT2D eigenvalue weighted by Gasteiger charge is -2.04. The molecular formula is C9H8ClNO4. The van der Waals surface area contributed by atoms with Gasteiger partial charge in [-0.3, -0.25) is 10.1 Å². The molecule has 0 spiro atoms. The van der Waals surface area contributed by atoms with E-state index < -0.39 is 16.6 Å². The van der Waals surface area contributed by atoms with Crippen LogP contribution in [0.4, 0.5) is 5.69 Å². The molecule has 80 valence electrons. The van der Waals surface area contributed by atoms with Gasteiger partial charge < -0.3 is 5.11 Å². The molecule has 1 N–H and O–H groups in total. The van der Waals surface area contributed by atoms with Crippen LogP contribution >= 0.6 is 11.6 Å². The second-order valence-electron chi connectivity index (χ2n) is 2.81. The van der Waals surface area contributed by atoms with Crippen molar-refractivity contribution in [2.24, 2.45) is 0 Å². The Morgan fingerprint density at radius 3 is 2.67 bits per heavy atom. The number of rotatable bonds is 4. The maximum atomic E-state index is 10.9. The third-order valence-corrected chi connectivity index (χ3v) is 2.09. The Balaban J connectivity index is 3.34. The monoisotopic (exact) mass is 229 g/mol. The third kappa shape index (κ3) is 2.44. The quantitative estimate of drug-likeness (QED) is 0.487. The van der Waals surface area contributed by atoms with Crippen LogP contribution < -0.4 is 0 Å². The molecule has 0 aliphatic carbocycles. The molecule has 15 heavy (non-hydrogen) atoms. The van der Waals surface area contributed by atoms with Crippen molar-refractivity contribution in [3.8, 4) is 0 Å². The average Bonchev–Trinajstić information content (AvgIpc) is 2.17. The van der Waals surface area contributed by atoms with Gasteiger partial charge in [0.05, 0.1) is 4.92 Å². The molecule has 0 aliphatic heterocycles. The summed E-state index contributed by atoms with van der Waals surface area (Å²) < 4.78 is 0. The lowest BCUT2D eigenvalue weighted by atomic mass is 10.0. The zero-order valence-electron chi connectivity index (χ0n) is 7.64. The van der Waals surface area contributed by atoms with Crippen molar-refractivity contribution in [3.05, 3.63) is 39.4 Å². The van der Waals surface area contributed by atoms with Crippen LogP contribution in [0.25, 0.3) is 0 Å². The third-order valence-electron chi connectivity index (χ3n) is 1.90. The van der Waals surface area contributed by atoms with E-state index in [-0.39, 0.29) is 11.4 Å². The number of hydrogen-bond donors (Lipinski definition) is 1. The number of carboxylic acids is 1. The van der Waals surface area contributed by atoms with Gasteiger partial charge in [0.25, 0.3) is 5.69 Å². The van der Waals surface area contributed by atoms with E-state index in [0.29, 0.717) is 12.0 Å². The van der Waals surface area contributed by atoms with Crippen LogP contribution in [-0.4, -0.2) is 21.9 Å². The number of nitrogens with zero attached hydrogens (tertiary/aromatic N) is 1. The molecule has 0 bridgehead atoms. The predicted octanol–water partition coefficient (Wildman–Crippen LogP) is 2.07. The van der Waals surface area contributed by atoms with Gasteiger partial charge in [-0.25, -0.2) is 4.79 Å². The summed E-state index contributed by atoms with van der Waals surface area (Å²) in [4.78, 5) is 20.8. The smallest absolute Gasteiger partial charge is 0.343 e. The van der Waals surface area contributed by atoms with Crippen molar-refractivity contribution in [1.82, 2.24) is 0 Å². The van der Waals surface area contributed by atoms with Gasteiger partial charge in [-0.1, -0.05) is 12.1 Å². The van der Waals surface area contributed by atoms with E-state index >= 15 is 0 Å². The van der Waals surface area contributed by atoms with E-state index in [9.17, 15) is 14.9 Å². The zero-order chi connectivity index (χ0) is 11.4. The number of carbonyl (C=O) groups is 1. The predicted molar refractivity (Wildman–Crippen MR) is 54.5 cm³/mol. The minimum atomic E-state index is -1.30. The Kier molecular flexibility index (Phi) is 3.62. The normalized spacial score (nSPS) is 9.93. The van der Waals surface area contributed by atoms with Crippen molar-refractivity contribution in [2.75, 3.05) is 5.88 Å². The first-order chi connectivity index (χ1) is 7.07. The fourth-order valence-electron chi connectivity index (χ4n) is 1.30. The fraction of sp³-hybridized carbons (Fsp3) is 0.222. The molecule has 0 saturated carbocycles. The molecule has 0 amide bonds. The van der Waals surface area contributed by atoms with E-state index in [4.69, 9.17) is 16.7 Å². The maximum Gasteiger partial charge on any atom is 0.343 e. The van der Waals surface area contributed by atoms with Gasteiger partial charge in [0.15, 0.2) is 0 Å². The Labute approximate surface area is 90.4 Å². The van der Waals surface area contributed by atoms with E-state index in [1.54, 1.807) is 0 Å². The molecule has 0 radical (unpaired) electrons. The van der Waals surface area contributed by atoms with Crippen LogP contribution in [0.3, 0.4) is 0 Å². The van der Waals surface area contributed by atoms with Gasteiger partial charge in [0.2, 0.25) is 0 Å². The van der Waals surface area contributed by atoms with Crippen LogP contribution in [0, 0.1) is 10.1 Å². The first-order valence-electron chi connectivity index (χ1n) is 4.13. The van der Waals surface area contributed by atoms with E-state index in [0.717, 1.165) is 0 Å². The molecule has 1 aromatic rings. The highest BCUT2D eigenvalue weighted by molar-refractivity contribution is 6.18. The van der Waals surface area contributed by atoms with E-state index in [1.165, 1.54) is 18.2 Å². The Morgan fingerprint density at radius 2 is 2.20 bits per heavy atom. The van der Waals surface area contributed by atoms with Crippen molar-refractivity contribution in [3.63, 3.8) is 0 Å². The van der Waals surface area contributed by atoms with Gasteiger partial charge in [-0.2, -0.15) is 0 Å². The van der Waals surface area contributed by atoms with Gasteiger partial charge in [-0.15, -0.1) is 11.6 Å². The van der Waals surface area contributed by atoms with Crippen LogP contribution in [0.2, 0.25) is 0 Å². The topological polar surface area (TPSA) is 80.4 Å². The Hall–Kier alpha value is -1.62. The molecule has 0 aromatic heterocycles. The summed E-state index contributed by atoms with van der Waals surface area (Å²) in [6.07, 6.45) is 0.296. The van der Waals surface area contributed by atoms with Crippen LogP contribution in [-0.2, 0) is 6.42 Å². The van der Waals surface area contributed by atoms with Gasteiger partial charge in [-0.05, 0) is 12.0 Å². The Bertz CT molecular complexity index is 405. The summed E-state index contributed by atoms with van der Waals surface area (Å²) >= 11 is 5.48. The van der Waals surface area contributed by atoms with Crippen molar-refractivity contribution < 1.29 is 14.8 Å². The number of carboxylic acid groups (broad SMARTS) is 1. The minimum Gasteiger partial charge on any atom is -0.477 e. The number of halogens is 1. The summed E-state index contributed by atoms with van der Waals surface area (Å²) in [6.45, 7) is 0. The summed E-state index contributed by atoms with van der Waals surface area (Å²) in [7, 11) is 0. The average molecular weight is 230 g/mol. The first kappa shape index (κ1) is 11.5. The standard InChI is InChI=1S/C9H8ClNO4/c10-5-4-6-2-1-3-7(11(14)15)8(6)9(12)13/h1-3H,4-5H2,(H,12,13). The molecule has 1 rings (SSSR count). The van der Waals surface area contributed by atoms with Crippen molar-refractivity contribution in [2.45, 2.75) is 6.42 Å². The fourth-order valence-corrected chi connectivity index (χ4v) is 1.50. The molecule has 6 heteroatoms. The van der Waals surface area contributed by atoms with Crippen LogP contribution in [0.5, 0.6) is 0 Å². The molecule has 0 aliphatic rings. The lowest BCUT2D eigenvalue weighted by molar-refractivity contribution is -0.385. The Morgan fingerprint density at radius 1 is 1.53 bits per heavy atom. The summed E-state index contributed by atoms with van der Waals surface area (Å²) in [6, 6.07) is 4.15. The zero-order valence-corrected chi connectivity index (χ0v) is 8.40. The van der Waals surface area contributed by atoms with E-state index in [1.807, 2.05) is 0 Å². The minimum absolute atomic E-state index is 0.224. The molecule has 0 unspecified atom stereocenters. The van der Waals surface area contributed by atoms with Crippen LogP contribution in [0.15, 0.2) is 18.2 Å². The number of nitro benzene ring substituents is 1. The maximum absolute atomic E-state index is 10.9. The van der Waals surface area contributed by atoms with E-state index in [2.05, 4.69) is 0 Å². The molecule has 0 heterocycles.